The van der Waals surface area contributed by atoms with E-state index in [4.69, 9.17) is 16.3 Å². The van der Waals surface area contributed by atoms with E-state index in [-0.39, 0.29) is 17.5 Å². The summed E-state index contributed by atoms with van der Waals surface area (Å²) in [5.41, 5.74) is 0.438. The van der Waals surface area contributed by atoms with Crippen molar-refractivity contribution in [1.82, 2.24) is 5.32 Å². The summed E-state index contributed by atoms with van der Waals surface area (Å²) in [7, 11) is 1.72. The molecule has 4 heteroatoms. The summed E-state index contributed by atoms with van der Waals surface area (Å²) in [6.07, 6.45) is 3.49. The Kier molecular flexibility index (Phi) is 7.64. The lowest BCUT2D eigenvalue weighted by Crippen LogP contribution is -2.35. The maximum Gasteiger partial charge on any atom is 0.127 e. The number of methoxy groups -OCH3 is 1. The van der Waals surface area contributed by atoms with Crippen molar-refractivity contribution < 1.29 is 9.13 Å². The Morgan fingerprint density at radius 1 is 1.38 bits per heavy atom. The van der Waals surface area contributed by atoms with Crippen LogP contribution < -0.4 is 5.32 Å². The number of hydrogen-bond acceptors (Lipinski definition) is 2. The molecular weight excluding hydrogens is 289 g/mol. The molecule has 0 bridgehead atoms. The maximum atomic E-state index is 13.9. The molecule has 0 aliphatic rings. The Hall–Kier alpha value is -0.640. The summed E-state index contributed by atoms with van der Waals surface area (Å²) in [6.45, 7) is 7.18. The van der Waals surface area contributed by atoms with Crippen LogP contribution in [0.3, 0.4) is 0 Å². The second kappa shape index (κ2) is 8.72. The first-order valence-electron chi connectivity index (χ1n) is 7.61. The predicted octanol–water partition coefficient (Wildman–Crippen LogP) is 4.60. The molecule has 0 saturated heterocycles. The van der Waals surface area contributed by atoms with E-state index in [0.717, 1.165) is 25.8 Å². The van der Waals surface area contributed by atoms with Crippen molar-refractivity contribution in [2.45, 2.75) is 58.1 Å². The highest BCUT2D eigenvalue weighted by atomic mass is 35.5. The first kappa shape index (κ1) is 18.4. The van der Waals surface area contributed by atoms with Gasteiger partial charge in [-0.05, 0) is 58.2 Å². The third-order valence-corrected chi connectivity index (χ3v) is 4.20. The molecule has 1 aromatic carbocycles. The monoisotopic (exact) mass is 315 g/mol. The van der Waals surface area contributed by atoms with Crippen molar-refractivity contribution in [2.75, 3.05) is 13.7 Å². The molecule has 0 spiro atoms. The van der Waals surface area contributed by atoms with Crippen LogP contribution in [-0.2, 0) is 11.2 Å². The Morgan fingerprint density at radius 2 is 2.10 bits per heavy atom. The van der Waals surface area contributed by atoms with Crippen molar-refractivity contribution >= 4 is 11.6 Å². The molecule has 1 rings (SSSR count). The second-order valence-corrected chi connectivity index (χ2v) is 6.47. The zero-order valence-corrected chi connectivity index (χ0v) is 14.3. The molecule has 1 aromatic rings. The van der Waals surface area contributed by atoms with Gasteiger partial charge < -0.3 is 10.1 Å². The van der Waals surface area contributed by atoms with Crippen LogP contribution in [0.1, 0.15) is 45.6 Å². The molecule has 1 atom stereocenters. The van der Waals surface area contributed by atoms with Crippen molar-refractivity contribution in [3.8, 4) is 0 Å². The number of rotatable bonds is 9. The molecule has 0 aliphatic carbocycles. The summed E-state index contributed by atoms with van der Waals surface area (Å²) in [5, 5.41) is 3.99. The third-order valence-electron chi connectivity index (χ3n) is 3.84. The van der Waals surface area contributed by atoms with Crippen LogP contribution in [0.15, 0.2) is 18.2 Å². The zero-order chi connectivity index (χ0) is 15.9. The van der Waals surface area contributed by atoms with Crippen LogP contribution in [0.25, 0.3) is 0 Å². The number of ether oxygens (including phenoxy) is 1. The van der Waals surface area contributed by atoms with E-state index < -0.39 is 0 Å². The average molecular weight is 316 g/mol. The van der Waals surface area contributed by atoms with Crippen LogP contribution >= 0.6 is 11.6 Å². The minimum atomic E-state index is -0.225. The zero-order valence-electron chi connectivity index (χ0n) is 13.5. The van der Waals surface area contributed by atoms with Crippen molar-refractivity contribution in [1.29, 1.82) is 0 Å². The summed E-state index contributed by atoms with van der Waals surface area (Å²) < 4.78 is 19.4. The minimum absolute atomic E-state index is 0.162. The van der Waals surface area contributed by atoms with Gasteiger partial charge in [-0.2, -0.15) is 0 Å². The van der Waals surface area contributed by atoms with E-state index in [0.29, 0.717) is 17.0 Å². The first-order valence-corrected chi connectivity index (χ1v) is 7.99. The van der Waals surface area contributed by atoms with E-state index in [9.17, 15) is 4.39 Å². The molecule has 120 valence electrons. The van der Waals surface area contributed by atoms with E-state index in [1.54, 1.807) is 19.2 Å². The molecule has 0 fully saturated rings. The van der Waals surface area contributed by atoms with Crippen LogP contribution in [-0.4, -0.2) is 25.3 Å². The van der Waals surface area contributed by atoms with Gasteiger partial charge in [0.25, 0.3) is 0 Å². The van der Waals surface area contributed by atoms with Gasteiger partial charge in [0, 0.05) is 23.7 Å². The van der Waals surface area contributed by atoms with Gasteiger partial charge in [0.15, 0.2) is 0 Å². The molecule has 0 radical (unpaired) electrons. The van der Waals surface area contributed by atoms with Crippen LogP contribution in [0.5, 0.6) is 0 Å². The molecule has 0 aromatic heterocycles. The van der Waals surface area contributed by atoms with Gasteiger partial charge >= 0.3 is 0 Å². The Bertz CT molecular complexity index is 417. The van der Waals surface area contributed by atoms with Crippen molar-refractivity contribution in [3.63, 3.8) is 0 Å². The Labute approximate surface area is 133 Å². The van der Waals surface area contributed by atoms with Crippen LogP contribution in [0, 0.1) is 5.82 Å². The Balaban J connectivity index is 2.73. The summed E-state index contributed by atoms with van der Waals surface area (Å²) in [4.78, 5) is 0. The molecule has 0 aliphatic heterocycles. The molecule has 0 amide bonds. The fourth-order valence-electron chi connectivity index (χ4n) is 2.22. The molecular formula is C17H27ClFNO. The van der Waals surface area contributed by atoms with Gasteiger partial charge in [-0.15, -0.1) is 0 Å². The summed E-state index contributed by atoms with van der Waals surface area (Å²) >= 11 is 6.13. The van der Waals surface area contributed by atoms with Crippen LogP contribution in [0.2, 0.25) is 5.02 Å². The van der Waals surface area contributed by atoms with Crippen molar-refractivity contribution in [3.05, 3.63) is 34.6 Å². The standard InChI is InChI=1S/C17H27ClFNO/c1-5-11-20-13(9-10-17(2,3)21-4)12-14-15(18)7-6-8-16(14)19/h6-8,13,20H,5,9-12H2,1-4H3. The van der Waals surface area contributed by atoms with E-state index >= 15 is 0 Å². The topological polar surface area (TPSA) is 21.3 Å². The lowest BCUT2D eigenvalue weighted by molar-refractivity contribution is 0.0117. The van der Waals surface area contributed by atoms with Gasteiger partial charge in [-0.3, -0.25) is 0 Å². The summed E-state index contributed by atoms with van der Waals surface area (Å²) in [6, 6.07) is 5.06. The molecule has 0 saturated carbocycles. The van der Waals surface area contributed by atoms with Gasteiger partial charge in [-0.25, -0.2) is 4.39 Å². The van der Waals surface area contributed by atoms with E-state index in [1.165, 1.54) is 6.07 Å². The van der Waals surface area contributed by atoms with E-state index in [1.807, 2.05) is 0 Å². The van der Waals surface area contributed by atoms with Gasteiger partial charge in [0.2, 0.25) is 0 Å². The smallest absolute Gasteiger partial charge is 0.127 e. The quantitative estimate of drug-likeness (QED) is 0.719. The number of benzene rings is 1. The molecule has 21 heavy (non-hydrogen) atoms. The fourth-order valence-corrected chi connectivity index (χ4v) is 2.46. The normalized spacial score (nSPS) is 13.4. The van der Waals surface area contributed by atoms with Crippen molar-refractivity contribution in [2.24, 2.45) is 0 Å². The third kappa shape index (κ3) is 6.33. The molecule has 1 unspecified atom stereocenters. The SMILES string of the molecule is CCCNC(CCC(C)(C)OC)Cc1c(F)cccc1Cl. The van der Waals surface area contributed by atoms with Gasteiger partial charge in [-0.1, -0.05) is 24.6 Å². The van der Waals surface area contributed by atoms with E-state index in [2.05, 4.69) is 26.1 Å². The highest BCUT2D eigenvalue weighted by Crippen LogP contribution is 2.23. The van der Waals surface area contributed by atoms with Gasteiger partial charge in [0.1, 0.15) is 5.82 Å². The molecule has 2 nitrogen and oxygen atoms in total. The number of hydrogen-bond donors (Lipinski definition) is 1. The van der Waals surface area contributed by atoms with Gasteiger partial charge in [0.05, 0.1) is 5.60 Å². The maximum absolute atomic E-state index is 13.9. The number of nitrogens with one attached hydrogen (secondary N) is 1. The number of halogens is 2. The average Bonchev–Trinajstić information content (AvgIpc) is 2.45. The molecule has 0 heterocycles. The lowest BCUT2D eigenvalue weighted by Gasteiger charge is -2.27. The fraction of sp³-hybridized carbons (Fsp3) is 0.647. The van der Waals surface area contributed by atoms with Crippen LogP contribution in [0.4, 0.5) is 4.39 Å². The lowest BCUT2D eigenvalue weighted by atomic mass is 9.95. The second-order valence-electron chi connectivity index (χ2n) is 6.06. The highest BCUT2D eigenvalue weighted by Gasteiger charge is 2.20. The minimum Gasteiger partial charge on any atom is -0.379 e. The predicted molar refractivity (Wildman–Crippen MR) is 87.5 cm³/mol. The summed E-state index contributed by atoms with van der Waals surface area (Å²) in [5.74, 6) is -0.225. The largest absolute Gasteiger partial charge is 0.379 e. The Morgan fingerprint density at radius 3 is 2.67 bits per heavy atom. The highest BCUT2D eigenvalue weighted by molar-refractivity contribution is 6.31. The molecule has 1 N–H and O–H groups in total. The first-order chi connectivity index (χ1) is 9.89.